The Morgan fingerprint density at radius 2 is 1.55 bits per heavy atom. The van der Waals surface area contributed by atoms with Gasteiger partial charge < -0.3 is 25.8 Å². The van der Waals surface area contributed by atoms with Crippen molar-refractivity contribution in [1.29, 1.82) is 0 Å². The molecule has 13 heteroatoms. The molecule has 4 N–H and O–H groups in total. The van der Waals surface area contributed by atoms with Crippen LogP contribution in [0.15, 0.2) is 79.0 Å². The van der Waals surface area contributed by atoms with Crippen LogP contribution in [-0.4, -0.2) is 58.7 Å². The minimum Gasteiger partial charge on any atom is -0.481 e. The number of carbonyl (C=O) groups is 4. The molecule has 0 saturated carbocycles. The van der Waals surface area contributed by atoms with Crippen LogP contribution in [0.1, 0.15) is 44.2 Å². The summed E-state index contributed by atoms with van der Waals surface area (Å²) in [6.45, 7) is 1.53. The van der Waals surface area contributed by atoms with Gasteiger partial charge in [0.05, 0.1) is 12.5 Å². The van der Waals surface area contributed by atoms with Crippen molar-refractivity contribution in [2.75, 3.05) is 11.9 Å². The summed E-state index contributed by atoms with van der Waals surface area (Å²) >= 11 is 0. The lowest BCUT2D eigenvalue weighted by Gasteiger charge is -2.27. The number of amides is 2. The first-order valence-corrected chi connectivity index (χ1v) is 13.8. The van der Waals surface area contributed by atoms with Gasteiger partial charge in [-0.1, -0.05) is 60.7 Å². The van der Waals surface area contributed by atoms with Crippen LogP contribution in [0.4, 0.5) is 19.0 Å². The maximum atomic E-state index is 13.3. The Hall–Kier alpha value is -4.94. The molecule has 2 aromatic carbocycles. The van der Waals surface area contributed by atoms with Crippen LogP contribution < -0.4 is 16.0 Å². The molecule has 0 bridgehead atoms. The summed E-state index contributed by atoms with van der Waals surface area (Å²) in [4.78, 5) is 53.3. The van der Waals surface area contributed by atoms with Crippen molar-refractivity contribution >= 4 is 29.6 Å². The average Bonchev–Trinajstić information content (AvgIpc) is 2.99. The van der Waals surface area contributed by atoms with Gasteiger partial charge in [0.2, 0.25) is 11.8 Å². The lowest BCUT2D eigenvalue weighted by molar-refractivity contribution is -0.205. The highest BCUT2D eigenvalue weighted by Crippen LogP contribution is 2.24. The number of nitrogens with zero attached hydrogens (tertiary/aromatic N) is 1. The third kappa shape index (κ3) is 10.7. The van der Waals surface area contributed by atoms with E-state index in [0.717, 1.165) is 18.1 Å². The number of halogens is 3. The molecule has 2 amide bonds. The Balaban J connectivity index is 1.70. The highest BCUT2D eigenvalue weighted by Gasteiger charge is 2.43. The van der Waals surface area contributed by atoms with Crippen LogP contribution >= 0.6 is 0 Å². The topological polar surface area (TPSA) is 147 Å². The largest absolute Gasteiger partial charge is 0.490 e. The Labute approximate surface area is 252 Å². The first-order chi connectivity index (χ1) is 20.9. The lowest BCUT2D eigenvalue weighted by atomic mass is 9.98. The molecule has 1 heterocycles. The molecule has 3 rings (SSSR count). The SMILES string of the molecule is CC(OC(=O)C(F)(F)F)[C@H](NC(=O)CCCCNc1ccccn1)C(=O)NC(CC(=O)O)c1ccc(-c2ccccc2)cc1. The van der Waals surface area contributed by atoms with Crippen molar-refractivity contribution < 1.29 is 42.2 Å². The van der Waals surface area contributed by atoms with Crippen molar-refractivity contribution in [2.24, 2.45) is 0 Å². The zero-order chi connectivity index (χ0) is 32.1. The minimum atomic E-state index is -5.33. The maximum Gasteiger partial charge on any atom is 0.490 e. The smallest absolute Gasteiger partial charge is 0.481 e. The van der Waals surface area contributed by atoms with Gasteiger partial charge in [-0.2, -0.15) is 13.2 Å². The van der Waals surface area contributed by atoms with Gasteiger partial charge in [0, 0.05) is 19.2 Å². The Kier molecular flexibility index (Phi) is 12.2. The molecule has 3 aromatic rings. The molecule has 0 aliphatic rings. The number of aliphatic carboxylic acids is 1. The first-order valence-electron chi connectivity index (χ1n) is 13.8. The summed E-state index contributed by atoms with van der Waals surface area (Å²) in [7, 11) is 0. The third-order valence-electron chi connectivity index (χ3n) is 6.51. The van der Waals surface area contributed by atoms with Gasteiger partial charge in [-0.05, 0) is 48.6 Å². The van der Waals surface area contributed by atoms with E-state index in [1.807, 2.05) is 36.4 Å². The summed E-state index contributed by atoms with van der Waals surface area (Å²) in [6, 6.07) is 18.6. The second-order valence-electron chi connectivity index (χ2n) is 9.90. The monoisotopic (exact) mass is 614 g/mol. The third-order valence-corrected chi connectivity index (χ3v) is 6.51. The summed E-state index contributed by atoms with van der Waals surface area (Å²) in [5.41, 5.74) is 2.15. The van der Waals surface area contributed by atoms with Crippen molar-refractivity contribution in [1.82, 2.24) is 15.6 Å². The number of nitrogens with one attached hydrogen (secondary N) is 3. The molecule has 0 radical (unpaired) electrons. The molecule has 0 aliphatic heterocycles. The number of carboxylic acid groups (broad SMARTS) is 1. The number of pyridine rings is 1. The van der Waals surface area contributed by atoms with Crippen LogP contribution in [0.5, 0.6) is 0 Å². The van der Waals surface area contributed by atoms with E-state index in [9.17, 15) is 37.5 Å². The Bertz CT molecular complexity index is 1390. The maximum absolute atomic E-state index is 13.3. The number of ether oxygens (including phenoxy) is 1. The standard InChI is InChI=1S/C31H33F3N4O6/c1-20(44-30(43)31(32,33)34)28(38-26(39)12-6-8-18-36-25-11-5-7-17-35-25)29(42)37-24(19-27(40)41)23-15-13-22(14-16-23)21-9-3-2-4-10-21/h2-5,7,9-11,13-17,20,24,28H,6,8,12,18-19H2,1H3,(H,35,36)(H,37,42)(H,38,39)(H,40,41)/t20?,24?,28-/m0/s1. The van der Waals surface area contributed by atoms with Gasteiger partial charge in [0.25, 0.3) is 0 Å². The fraction of sp³-hybridized carbons (Fsp3) is 0.323. The highest BCUT2D eigenvalue weighted by molar-refractivity contribution is 5.89. The predicted molar refractivity (Wildman–Crippen MR) is 155 cm³/mol. The molecule has 0 aliphatic carbocycles. The lowest BCUT2D eigenvalue weighted by Crippen LogP contribution is -2.54. The number of alkyl halides is 3. The summed E-state index contributed by atoms with van der Waals surface area (Å²) in [6.07, 6.45) is -5.17. The molecule has 3 atom stereocenters. The van der Waals surface area contributed by atoms with E-state index < -0.39 is 54.5 Å². The van der Waals surface area contributed by atoms with E-state index in [1.165, 1.54) is 0 Å². The average molecular weight is 615 g/mol. The van der Waals surface area contributed by atoms with E-state index in [0.29, 0.717) is 30.8 Å². The van der Waals surface area contributed by atoms with Gasteiger partial charge in [-0.15, -0.1) is 0 Å². The molecule has 0 spiro atoms. The molecule has 44 heavy (non-hydrogen) atoms. The fourth-order valence-corrected chi connectivity index (χ4v) is 4.27. The number of esters is 1. The molecular formula is C31H33F3N4O6. The molecule has 0 fully saturated rings. The molecule has 1 aromatic heterocycles. The van der Waals surface area contributed by atoms with Gasteiger partial charge in [0.1, 0.15) is 18.0 Å². The summed E-state index contributed by atoms with van der Waals surface area (Å²) in [5.74, 6) is -4.81. The fourth-order valence-electron chi connectivity index (χ4n) is 4.27. The second-order valence-corrected chi connectivity index (χ2v) is 9.90. The van der Waals surface area contributed by atoms with Crippen LogP contribution in [0.3, 0.4) is 0 Å². The van der Waals surface area contributed by atoms with Crippen molar-refractivity contribution in [3.05, 3.63) is 84.6 Å². The normalized spacial score (nSPS) is 13.2. The minimum absolute atomic E-state index is 0.0763. The van der Waals surface area contributed by atoms with Gasteiger partial charge in [0.15, 0.2) is 0 Å². The second kappa shape index (κ2) is 16.1. The van der Waals surface area contributed by atoms with Crippen LogP contribution in [0, 0.1) is 0 Å². The predicted octanol–water partition coefficient (Wildman–Crippen LogP) is 4.64. The molecule has 0 saturated heterocycles. The summed E-state index contributed by atoms with van der Waals surface area (Å²) < 4.78 is 43.1. The van der Waals surface area contributed by atoms with Gasteiger partial charge >= 0.3 is 18.1 Å². The number of benzene rings is 2. The number of anilines is 1. The van der Waals surface area contributed by atoms with Gasteiger partial charge in [-0.25, -0.2) is 9.78 Å². The molecule has 2 unspecified atom stereocenters. The van der Waals surface area contributed by atoms with Crippen LogP contribution in [0.2, 0.25) is 0 Å². The number of rotatable bonds is 15. The molecule has 10 nitrogen and oxygen atoms in total. The number of unbranched alkanes of at least 4 members (excludes halogenated alkanes) is 1. The number of hydrogen-bond acceptors (Lipinski definition) is 7. The van der Waals surface area contributed by atoms with Crippen LogP contribution in [-0.2, 0) is 23.9 Å². The highest BCUT2D eigenvalue weighted by atomic mass is 19.4. The Morgan fingerprint density at radius 1 is 0.886 bits per heavy atom. The number of carbonyl (C=O) groups excluding carboxylic acids is 3. The Morgan fingerprint density at radius 3 is 2.16 bits per heavy atom. The zero-order valence-electron chi connectivity index (χ0n) is 23.8. The molecule has 234 valence electrons. The van der Waals surface area contributed by atoms with E-state index in [2.05, 4.69) is 25.7 Å². The zero-order valence-corrected chi connectivity index (χ0v) is 23.8. The van der Waals surface area contributed by atoms with Crippen molar-refractivity contribution in [2.45, 2.75) is 57.0 Å². The number of hydrogen-bond donors (Lipinski definition) is 4. The quantitative estimate of drug-likeness (QED) is 0.143. The number of carboxylic acids is 1. The van der Waals surface area contributed by atoms with Crippen LogP contribution in [0.25, 0.3) is 11.1 Å². The number of aromatic nitrogens is 1. The van der Waals surface area contributed by atoms with E-state index >= 15 is 0 Å². The molecular weight excluding hydrogens is 581 g/mol. The summed E-state index contributed by atoms with van der Waals surface area (Å²) in [5, 5.41) is 17.4. The van der Waals surface area contributed by atoms with Gasteiger partial charge in [-0.3, -0.25) is 14.4 Å². The first kappa shape index (κ1) is 33.6. The van der Waals surface area contributed by atoms with Crippen molar-refractivity contribution in [3.8, 4) is 11.1 Å². The van der Waals surface area contributed by atoms with Crippen molar-refractivity contribution in [3.63, 3.8) is 0 Å². The van der Waals surface area contributed by atoms with E-state index in [-0.39, 0.29) is 6.42 Å². The van der Waals surface area contributed by atoms with E-state index in [1.54, 1.807) is 42.6 Å². The van der Waals surface area contributed by atoms with E-state index in [4.69, 9.17) is 0 Å².